The van der Waals surface area contributed by atoms with Crippen molar-refractivity contribution in [1.29, 1.82) is 0 Å². The van der Waals surface area contributed by atoms with E-state index in [0.29, 0.717) is 0 Å². The van der Waals surface area contributed by atoms with Crippen molar-refractivity contribution in [2.75, 3.05) is 0 Å². The van der Waals surface area contributed by atoms with Crippen LogP contribution >= 0.6 is 11.6 Å². The average Bonchev–Trinajstić information content (AvgIpc) is 2.11. The molecule has 10 heavy (non-hydrogen) atoms. The van der Waals surface area contributed by atoms with Crippen molar-refractivity contribution < 1.29 is 17.6 Å². The van der Waals surface area contributed by atoms with Gasteiger partial charge in [-0.2, -0.15) is 13.2 Å². The largest absolute Gasteiger partial charge is 0.458 e. The molecule has 0 fully saturated rings. The van der Waals surface area contributed by atoms with Gasteiger partial charge in [-0.05, 0) is 0 Å². The normalized spacial score (nSPS) is 12.0. The fourth-order valence-corrected chi connectivity index (χ4v) is 0.605. The van der Waals surface area contributed by atoms with Crippen LogP contribution in [0.2, 0.25) is 5.02 Å². The number of hydrogen-bond donors (Lipinski definition) is 0. The summed E-state index contributed by atoms with van der Waals surface area (Å²) in [4.78, 5) is 0. The Morgan fingerprint density at radius 1 is 1.40 bits per heavy atom. The monoisotopic (exact) mass is 170 g/mol. The van der Waals surface area contributed by atoms with Crippen molar-refractivity contribution in [3.05, 3.63) is 23.1 Å². The predicted molar refractivity (Wildman–Crippen MR) is 28.7 cm³/mol. The van der Waals surface area contributed by atoms with Crippen molar-refractivity contribution in [1.82, 2.24) is 0 Å². The molecular weight excluding hydrogens is 169 g/mol. The molecule has 1 nitrogen and oxygen atoms in total. The fraction of sp³-hybridized carbons (Fsp3) is 0.200. The van der Waals surface area contributed by atoms with Gasteiger partial charge < -0.3 is 4.42 Å². The first kappa shape index (κ1) is 7.47. The van der Waals surface area contributed by atoms with E-state index in [1.807, 2.05) is 0 Å². The van der Waals surface area contributed by atoms with Gasteiger partial charge in [0.05, 0.1) is 5.02 Å². The van der Waals surface area contributed by atoms with Gasteiger partial charge in [-0.25, -0.2) is 0 Å². The zero-order valence-electron chi connectivity index (χ0n) is 4.57. The van der Waals surface area contributed by atoms with Gasteiger partial charge in [0.15, 0.2) is 0 Å². The molecule has 0 N–H and O–H groups in total. The van der Waals surface area contributed by atoms with E-state index in [4.69, 9.17) is 11.6 Å². The topological polar surface area (TPSA) is 13.1 Å². The molecule has 1 aromatic heterocycles. The molecule has 0 radical (unpaired) electrons. The summed E-state index contributed by atoms with van der Waals surface area (Å²) in [6, 6.07) is 0.724. The summed E-state index contributed by atoms with van der Waals surface area (Å²) < 4.78 is 39.0. The standard InChI is InChI=1S/C5H2ClF3O/c6-3-1-4(10-2-3)5(7,8)9/h1-2H. The van der Waals surface area contributed by atoms with E-state index in [-0.39, 0.29) is 5.02 Å². The number of furan rings is 1. The summed E-state index contributed by atoms with van der Waals surface area (Å²) in [5, 5.41) is -0.0488. The van der Waals surface area contributed by atoms with Gasteiger partial charge in [-0.3, -0.25) is 0 Å². The van der Waals surface area contributed by atoms with Crippen LogP contribution in [0.1, 0.15) is 5.76 Å². The molecule has 1 heterocycles. The van der Waals surface area contributed by atoms with E-state index in [0.717, 1.165) is 12.3 Å². The molecular formula is C5H2ClF3O. The van der Waals surface area contributed by atoms with Gasteiger partial charge >= 0.3 is 6.18 Å². The molecule has 0 atom stereocenters. The van der Waals surface area contributed by atoms with Crippen LogP contribution in [-0.4, -0.2) is 0 Å². The van der Waals surface area contributed by atoms with Crippen LogP contribution in [0.4, 0.5) is 13.2 Å². The van der Waals surface area contributed by atoms with E-state index >= 15 is 0 Å². The number of halogens is 4. The lowest BCUT2D eigenvalue weighted by molar-refractivity contribution is -0.153. The number of hydrogen-bond acceptors (Lipinski definition) is 1. The maximum atomic E-state index is 11.6. The second kappa shape index (κ2) is 2.20. The minimum atomic E-state index is -4.44. The van der Waals surface area contributed by atoms with E-state index in [9.17, 15) is 13.2 Å². The minimum absolute atomic E-state index is 0.0488. The quantitative estimate of drug-likeness (QED) is 0.584. The minimum Gasteiger partial charge on any atom is -0.458 e. The Labute approximate surface area is 59.4 Å². The van der Waals surface area contributed by atoms with Crippen LogP contribution in [0.25, 0.3) is 0 Å². The first-order valence-corrected chi connectivity index (χ1v) is 2.69. The molecule has 0 bridgehead atoms. The van der Waals surface area contributed by atoms with Crippen molar-refractivity contribution >= 4 is 11.6 Å². The SMILES string of the molecule is FC(F)(F)c1cc(Cl)co1. The highest BCUT2D eigenvalue weighted by atomic mass is 35.5. The first-order chi connectivity index (χ1) is 4.50. The van der Waals surface area contributed by atoms with E-state index in [2.05, 4.69) is 4.42 Å². The molecule has 0 spiro atoms. The molecule has 0 aliphatic carbocycles. The van der Waals surface area contributed by atoms with Gasteiger partial charge in [-0.1, -0.05) is 11.6 Å². The lowest BCUT2D eigenvalue weighted by Gasteiger charge is -1.98. The highest BCUT2D eigenvalue weighted by Crippen LogP contribution is 2.31. The molecule has 0 aliphatic rings. The summed E-state index contributed by atoms with van der Waals surface area (Å²) in [6.07, 6.45) is -3.60. The van der Waals surface area contributed by atoms with Gasteiger partial charge in [0.2, 0.25) is 5.76 Å². The summed E-state index contributed by atoms with van der Waals surface area (Å²) >= 11 is 5.17. The summed E-state index contributed by atoms with van der Waals surface area (Å²) in [5.41, 5.74) is 0. The Kier molecular flexibility index (Phi) is 1.64. The van der Waals surface area contributed by atoms with Crippen LogP contribution < -0.4 is 0 Å². The highest BCUT2D eigenvalue weighted by molar-refractivity contribution is 6.30. The zero-order valence-corrected chi connectivity index (χ0v) is 5.33. The summed E-state index contributed by atoms with van der Waals surface area (Å²) in [5.74, 6) is -1.07. The molecule has 56 valence electrons. The Morgan fingerprint density at radius 3 is 2.20 bits per heavy atom. The molecule has 0 saturated carbocycles. The van der Waals surface area contributed by atoms with Crippen LogP contribution in [0, 0.1) is 0 Å². The third kappa shape index (κ3) is 1.44. The Morgan fingerprint density at radius 2 is 2.00 bits per heavy atom. The zero-order chi connectivity index (χ0) is 7.78. The molecule has 0 aromatic carbocycles. The maximum absolute atomic E-state index is 11.6. The third-order valence-electron chi connectivity index (χ3n) is 0.847. The van der Waals surface area contributed by atoms with Crippen molar-refractivity contribution in [2.24, 2.45) is 0 Å². The van der Waals surface area contributed by atoms with E-state index in [1.54, 1.807) is 0 Å². The lowest BCUT2D eigenvalue weighted by atomic mass is 10.4. The molecule has 1 aromatic rings. The summed E-state index contributed by atoms with van der Waals surface area (Å²) in [7, 11) is 0. The molecule has 0 aliphatic heterocycles. The fourth-order valence-electron chi connectivity index (χ4n) is 0.462. The Hall–Kier alpha value is -0.640. The molecule has 0 unspecified atom stereocenters. The number of rotatable bonds is 0. The van der Waals surface area contributed by atoms with E-state index in [1.165, 1.54) is 0 Å². The van der Waals surface area contributed by atoms with Gasteiger partial charge in [-0.15, -0.1) is 0 Å². The van der Waals surface area contributed by atoms with E-state index < -0.39 is 11.9 Å². The molecule has 1 rings (SSSR count). The second-order valence-corrected chi connectivity index (χ2v) is 2.06. The Bertz CT molecular complexity index is 227. The van der Waals surface area contributed by atoms with Gasteiger partial charge in [0.1, 0.15) is 6.26 Å². The molecule has 0 amide bonds. The smallest absolute Gasteiger partial charge is 0.449 e. The predicted octanol–water partition coefficient (Wildman–Crippen LogP) is 2.95. The Balaban J connectivity index is 2.96. The number of alkyl halides is 3. The lowest BCUT2D eigenvalue weighted by Crippen LogP contribution is -2.01. The molecule has 0 saturated heterocycles. The van der Waals surface area contributed by atoms with Gasteiger partial charge in [0.25, 0.3) is 0 Å². The second-order valence-electron chi connectivity index (χ2n) is 1.63. The summed E-state index contributed by atoms with van der Waals surface area (Å²) in [6.45, 7) is 0. The van der Waals surface area contributed by atoms with Crippen LogP contribution in [0.3, 0.4) is 0 Å². The average molecular weight is 171 g/mol. The molecule has 5 heteroatoms. The van der Waals surface area contributed by atoms with Crippen LogP contribution in [0.15, 0.2) is 16.7 Å². The maximum Gasteiger partial charge on any atom is 0.449 e. The first-order valence-electron chi connectivity index (χ1n) is 2.31. The van der Waals surface area contributed by atoms with Crippen LogP contribution in [0.5, 0.6) is 0 Å². The third-order valence-corrected chi connectivity index (χ3v) is 1.05. The highest BCUT2D eigenvalue weighted by Gasteiger charge is 2.34. The van der Waals surface area contributed by atoms with Crippen molar-refractivity contribution in [2.45, 2.75) is 6.18 Å². The van der Waals surface area contributed by atoms with Crippen molar-refractivity contribution in [3.63, 3.8) is 0 Å². The van der Waals surface area contributed by atoms with Crippen molar-refractivity contribution in [3.8, 4) is 0 Å². The van der Waals surface area contributed by atoms with Gasteiger partial charge in [0, 0.05) is 6.07 Å². The van der Waals surface area contributed by atoms with Crippen LogP contribution in [-0.2, 0) is 6.18 Å².